The quantitative estimate of drug-likeness (QED) is 0.597. The highest BCUT2D eigenvalue weighted by Crippen LogP contribution is 2.34. The third kappa shape index (κ3) is 5.39. The van der Waals surface area contributed by atoms with Crippen LogP contribution in [0.25, 0.3) is 0 Å². The van der Waals surface area contributed by atoms with E-state index in [1.165, 1.54) is 0 Å². The van der Waals surface area contributed by atoms with Gasteiger partial charge in [0.1, 0.15) is 5.75 Å². The molecule has 0 aliphatic heterocycles. The van der Waals surface area contributed by atoms with E-state index in [-0.39, 0.29) is 12.2 Å². The van der Waals surface area contributed by atoms with Crippen molar-refractivity contribution in [1.29, 1.82) is 0 Å². The van der Waals surface area contributed by atoms with Gasteiger partial charge < -0.3 is 9.84 Å². The molecule has 0 amide bonds. The normalized spacial score (nSPS) is 10.6. The molecule has 0 unspecified atom stereocenters. The smallest absolute Gasteiger partial charge is 0.308 e. The predicted molar refractivity (Wildman–Crippen MR) is 105 cm³/mol. The highest BCUT2D eigenvalue weighted by molar-refractivity contribution is 5.96. The zero-order chi connectivity index (χ0) is 19.8. The minimum absolute atomic E-state index is 0.112. The van der Waals surface area contributed by atoms with Crippen molar-refractivity contribution in [2.45, 2.75) is 59.3 Å². The number of ether oxygens (including phenoxy) is 1. The molecule has 0 aliphatic rings. The molecule has 1 N–H and O–H groups in total. The van der Waals surface area contributed by atoms with E-state index < -0.39 is 5.97 Å². The predicted octanol–water partition coefficient (Wildman–Crippen LogP) is 5.00. The molecule has 0 saturated carbocycles. The summed E-state index contributed by atoms with van der Waals surface area (Å²) < 4.78 is 6.16. The number of carboxylic acids is 1. The average molecular weight is 369 g/mol. The fourth-order valence-corrected chi connectivity index (χ4v) is 3.07. The second kappa shape index (κ2) is 9.86. The van der Waals surface area contributed by atoms with Crippen LogP contribution in [0.4, 0.5) is 0 Å². The third-order valence-corrected chi connectivity index (χ3v) is 4.31. The van der Waals surface area contributed by atoms with Crippen LogP contribution in [0, 0.1) is 0 Å². The van der Waals surface area contributed by atoms with Crippen molar-refractivity contribution >= 4 is 11.8 Å². The molecule has 5 nitrogen and oxygen atoms in total. The Morgan fingerprint density at radius 2 is 1.67 bits per heavy atom. The molecule has 2 rings (SSSR count). The molecule has 2 aromatic rings. The first-order chi connectivity index (χ1) is 13.0. The molecule has 1 aromatic heterocycles. The van der Waals surface area contributed by atoms with E-state index in [2.05, 4.69) is 18.8 Å². The Morgan fingerprint density at radius 1 is 1.04 bits per heavy atom. The van der Waals surface area contributed by atoms with Crippen LogP contribution < -0.4 is 4.74 Å². The van der Waals surface area contributed by atoms with Crippen LogP contribution in [0.15, 0.2) is 30.5 Å². The lowest BCUT2D eigenvalue weighted by Crippen LogP contribution is -2.07. The van der Waals surface area contributed by atoms with Gasteiger partial charge in [0.25, 0.3) is 0 Å². The zero-order valence-electron chi connectivity index (χ0n) is 16.2. The molecule has 0 saturated heterocycles. The Kier molecular flexibility index (Phi) is 7.53. The summed E-state index contributed by atoms with van der Waals surface area (Å²) in [5.74, 6) is 0.195. The van der Waals surface area contributed by atoms with Gasteiger partial charge in [0.15, 0.2) is 5.78 Å². The molecular formula is C22H27NO4. The highest BCUT2D eigenvalue weighted by Gasteiger charge is 2.18. The molecule has 0 bridgehead atoms. The first kappa shape index (κ1) is 20.6. The van der Waals surface area contributed by atoms with E-state index in [1.807, 2.05) is 19.1 Å². The SMILES string of the molecule is CCCc1cc(C(=O)CC)cc(CCC)c1Oc1ncccc1CC(=O)O. The monoisotopic (exact) mass is 369 g/mol. The molecule has 0 spiro atoms. The van der Waals surface area contributed by atoms with E-state index in [0.717, 1.165) is 36.8 Å². The number of aromatic nitrogens is 1. The van der Waals surface area contributed by atoms with Crippen molar-refractivity contribution in [3.8, 4) is 11.6 Å². The van der Waals surface area contributed by atoms with E-state index in [0.29, 0.717) is 29.2 Å². The lowest BCUT2D eigenvalue weighted by atomic mass is 9.95. The van der Waals surface area contributed by atoms with Crippen LogP contribution in [0.5, 0.6) is 11.6 Å². The number of Topliss-reactive ketones (excluding diaryl/α,β-unsaturated/α-hetero) is 1. The van der Waals surface area contributed by atoms with Gasteiger partial charge in [-0.25, -0.2) is 4.98 Å². The van der Waals surface area contributed by atoms with Crippen LogP contribution in [-0.4, -0.2) is 21.8 Å². The van der Waals surface area contributed by atoms with Crippen molar-refractivity contribution in [3.63, 3.8) is 0 Å². The summed E-state index contributed by atoms with van der Waals surface area (Å²) in [5, 5.41) is 9.14. The van der Waals surface area contributed by atoms with Crippen molar-refractivity contribution in [3.05, 3.63) is 52.7 Å². The van der Waals surface area contributed by atoms with E-state index in [4.69, 9.17) is 9.84 Å². The van der Waals surface area contributed by atoms with Crippen molar-refractivity contribution in [2.24, 2.45) is 0 Å². The van der Waals surface area contributed by atoms with Crippen LogP contribution in [0.2, 0.25) is 0 Å². The van der Waals surface area contributed by atoms with Gasteiger partial charge in [-0.1, -0.05) is 39.7 Å². The van der Waals surface area contributed by atoms with Gasteiger partial charge in [0, 0.05) is 23.7 Å². The average Bonchev–Trinajstić information content (AvgIpc) is 2.64. The minimum Gasteiger partial charge on any atom is -0.481 e. The summed E-state index contributed by atoms with van der Waals surface area (Å²) in [4.78, 5) is 27.6. The first-order valence-electron chi connectivity index (χ1n) is 9.52. The topological polar surface area (TPSA) is 76.5 Å². The molecule has 1 heterocycles. The van der Waals surface area contributed by atoms with Gasteiger partial charge in [-0.05, 0) is 42.2 Å². The summed E-state index contributed by atoms with van der Waals surface area (Å²) in [6.45, 7) is 6.01. The lowest BCUT2D eigenvalue weighted by molar-refractivity contribution is -0.136. The number of ketones is 1. The molecule has 0 aliphatic carbocycles. The van der Waals surface area contributed by atoms with Crippen LogP contribution in [-0.2, 0) is 24.1 Å². The second-order valence-corrected chi connectivity index (χ2v) is 6.54. The number of hydrogen-bond acceptors (Lipinski definition) is 4. The minimum atomic E-state index is -0.931. The van der Waals surface area contributed by atoms with Gasteiger partial charge in [0.05, 0.1) is 6.42 Å². The van der Waals surface area contributed by atoms with Gasteiger partial charge >= 0.3 is 5.97 Å². The standard InChI is InChI=1S/C22H27NO4/c1-4-8-15-12-18(19(24)6-3)13-16(9-5-2)21(15)27-22-17(14-20(25)26)10-7-11-23-22/h7,10-13H,4-6,8-9,14H2,1-3H3,(H,25,26). The second-order valence-electron chi connectivity index (χ2n) is 6.54. The lowest BCUT2D eigenvalue weighted by Gasteiger charge is -2.18. The Morgan fingerprint density at radius 3 is 2.19 bits per heavy atom. The fraction of sp³-hybridized carbons (Fsp3) is 0.409. The van der Waals surface area contributed by atoms with Crippen molar-refractivity contribution in [1.82, 2.24) is 4.98 Å². The largest absolute Gasteiger partial charge is 0.481 e. The number of aliphatic carboxylic acids is 1. The number of pyridine rings is 1. The maximum atomic E-state index is 12.3. The Bertz CT molecular complexity index is 787. The molecule has 0 fully saturated rings. The van der Waals surface area contributed by atoms with Crippen LogP contribution in [0.3, 0.4) is 0 Å². The molecule has 27 heavy (non-hydrogen) atoms. The van der Waals surface area contributed by atoms with Crippen LogP contribution in [0.1, 0.15) is 67.1 Å². The van der Waals surface area contributed by atoms with E-state index in [1.54, 1.807) is 18.3 Å². The van der Waals surface area contributed by atoms with Gasteiger partial charge in [-0.2, -0.15) is 0 Å². The maximum Gasteiger partial charge on any atom is 0.308 e. The number of benzene rings is 1. The molecule has 0 atom stereocenters. The van der Waals surface area contributed by atoms with E-state index in [9.17, 15) is 9.59 Å². The summed E-state index contributed by atoms with van der Waals surface area (Å²) in [7, 11) is 0. The number of hydrogen-bond donors (Lipinski definition) is 1. The van der Waals surface area contributed by atoms with Gasteiger partial charge in [0.2, 0.25) is 5.88 Å². The Labute approximate surface area is 160 Å². The summed E-state index contributed by atoms with van der Waals surface area (Å²) >= 11 is 0. The Hall–Kier alpha value is -2.69. The van der Waals surface area contributed by atoms with Crippen molar-refractivity contribution < 1.29 is 19.4 Å². The Balaban J connectivity index is 2.54. The summed E-state index contributed by atoms with van der Waals surface area (Å²) in [6.07, 6.45) is 5.28. The molecule has 5 heteroatoms. The van der Waals surface area contributed by atoms with Gasteiger partial charge in [-0.3, -0.25) is 9.59 Å². The molecule has 144 valence electrons. The van der Waals surface area contributed by atoms with E-state index >= 15 is 0 Å². The molecular weight excluding hydrogens is 342 g/mol. The summed E-state index contributed by atoms with van der Waals surface area (Å²) in [6, 6.07) is 7.23. The van der Waals surface area contributed by atoms with Crippen molar-refractivity contribution in [2.75, 3.05) is 0 Å². The fourth-order valence-electron chi connectivity index (χ4n) is 3.07. The molecule has 1 aromatic carbocycles. The number of nitrogens with zero attached hydrogens (tertiary/aromatic N) is 1. The van der Waals surface area contributed by atoms with Gasteiger partial charge in [-0.15, -0.1) is 0 Å². The number of carbonyl (C=O) groups excluding carboxylic acids is 1. The number of aryl methyl sites for hydroxylation is 2. The summed E-state index contributed by atoms with van der Waals surface area (Å²) in [5.41, 5.74) is 3.17. The highest BCUT2D eigenvalue weighted by atomic mass is 16.5. The maximum absolute atomic E-state index is 12.3. The zero-order valence-corrected chi connectivity index (χ0v) is 16.2. The number of carboxylic acid groups (broad SMARTS) is 1. The van der Waals surface area contributed by atoms with Crippen LogP contribution >= 0.6 is 0 Å². The third-order valence-electron chi connectivity index (χ3n) is 4.31. The molecule has 0 radical (unpaired) electrons. The number of carbonyl (C=O) groups is 2. The number of rotatable bonds is 10. The first-order valence-corrected chi connectivity index (χ1v) is 9.52.